The summed E-state index contributed by atoms with van der Waals surface area (Å²) in [6.45, 7) is 3.99. The highest BCUT2D eigenvalue weighted by atomic mass is 16.4. The summed E-state index contributed by atoms with van der Waals surface area (Å²) >= 11 is 0. The van der Waals surface area contributed by atoms with Crippen LogP contribution >= 0.6 is 0 Å². The van der Waals surface area contributed by atoms with Crippen LogP contribution in [0.4, 0.5) is 4.79 Å². The van der Waals surface area contributed by atoms with Crippen LogP contribution in [0.3, 0.4) is 0 Å². The van der Waals surface area contributed by atoms with Gasteiger partial charge in [-0.3, -0.25) is 9.59 Å². The number of hydrogen-bond donors (Lipinski definition) is 3. The van der Waals surface area contributed by atoms with E-state index in [4.69, 9.17) is 5.11 Å². The zero-order valence-corrected chi connectivity index (χ0v) is 11.0. The van der Waals surface area contributed by atoms with E-state index < -0.39 is 5.97 Å². The number of carbonyl (C=O) groups excluding carboxylic acids is 2. The molecule has 0 heterocycles. The van der Waals surface area contributed by atoms with E-state index in [1.807, 2.05) is 0 Å². The van der Waals surface area contributed by atoms with Crippen LogP contribution < -0.4 is 10.6 Å². The second-order valence-corrected chi connectivity index (χ2v) is 4.09. The molecule has 0 fully saturated rings. The van der Waals surface area contributed by atoms with Gasteiger partial charge < -0.3 is 20.6 Å². The van der Waals surface area contributed by atoms with E-state index in [0.717, 1.165) is 0 Å². The van der Waals surface area contributed by atoms with Crippen molar-refractivity contribution in [2.75, 3.05) is 20.1 Å². The number of aliphatic carboxylic acids is 1. The third-order valence-corrected chi connectivity index (χ3v) is 2.36. The predicted molar refractivity (Wildman–Crippen MR) is 66.2 cm³/mol. The van der Waals surface area contributed by atoms with Crippen molar-refractivity contribution < 1.29 is 19.5 Å². The average molecular weight is 259 g/mol. The number of carboxylic acids is 1. The number of amides is 3. The zero-order chi connectivity index (χ0) is 14.1. The van der Waals surface area contributed by atoms with Gasteiger partial charge in [-0.15, -0.1) is 0 Å². The molecule has 104 valence electrons. The summed E-state index contributed by atoms with van der Waals surface area (Å²) in [5.41, 5.74) is 0. The third kappa shape index (κ3) is 6.72. The van der Waals surface area contributed by atoms with E-state index in [2.05, 4.69) is 10.6 Å². The topological polar surface area (TPSA) is 98.7 Å². The molecule has 0 saturated heterocycles. The van der Waals surface area contributed by atoms with Crippen LogP contribution in [-0.4, -0.2) is 54.1 Å². The maximum absolute atomic E-state index is 11.8. The van der Waals surface area contributed by atoms with Crippen molar-refractivity contribution in [2.45, 2.75) is 32.7 Å². The van der Waals surface area contributed by atoms with Crippen LogP contribution in [0.15, 0.2) is 0 Å². The van der Waals surface area contributed by atoms with Crippen LogP contribution in [0, 0.1) is 0 Å². The van der Waals surface area contributed by atoms with E-state index in [1.54, 1.807) is 13.8 Å². The van der Waals surface area contributed by atoms with Crippen LogP contribution in [0.1, 0.15) is 26.7 Å². The van der Waals surface area contributed by atoms with Gasteiger partial charge in [0.1, 0.15) is 0 Å². The molecule has 0 rings (SSSR count). The molecule has 0 aromatic carbocycles. The van der Waals surface area contributed by atoms with Gasteiger partial charge in [0.25, 0.3) is 0 Å². The van der Waals surface area contributed by atoms with Crippen molar-refractivity contribution in [3.05, 3.63) is 0 Å². The molecule has 7 nitrogen and oxygen atoms in total. The normalized spacial score (nSPS) is 10.0. The van der Waals surface area contributed by atoms with Crippen molar-refractivity contribution in [1.82, 2.24) is 15.5 Å². The lowest BCUT2D eigenvalue weighted by atomic mass is 10.3. The van der Waals surface area contributed by atoms with Crippen LogP contribution in [-0.2, 0) is 9.59 Å². The van der Waals surface area contributed by atoms with Gasteiger partial charge in [-0.05, 0) is 13.8 Å². The second-order valence-electron chi connectivity index (χ2n) is 4.09. The van der Waals surface area contributed by atoms with Crippen LogP contribution in [0.2, 0.25) is 0 Å². The first kappa shape index (κ1) is 16.2. The van der Waals surface area contributed by atoms with Crippen molar-refractivity contribution in [1.29, 1.82) is 0 Å². The Balaban J connectivity index is 4.14. The smallest absolute Gasteiger partial charge is 0.317 e. The lowest BCUT2D eigenvalue weighted by Gasteiger charge is -2.26. The molecule has 0 aliphatic heterocycles. The summed E-state index contributed by atoms with van der Waals surface area (Å²) in [7, 11) is 1.53. The number of carbonyl (C=O) groups is 3. The average Bonchev–Trinajstić information content (AvgIpc) is 2.28. The molecule has 0 aliphatic rings. The molecular weight excluding hydrogens is 238 g/mol. The Morgan fingerprint density at radius 2 is 1.83 bits per heavy atom. The van der Waals surface area contributed by atoms with Gasteiger partial charge in [0.2, 0.25) is 5.91 Å². The first-order valence-corrected chi connectivity index (χ1v) is 5.85. The maximum Gasteiger partial charge on any atom is 0.317 e. The fourth-order valence-electron chi connectivity index (χ4n) is 1.32. The molecular formula is C11H21N3O4. The third-order valence-electron chi connectivity index (χ3n) is 2.36. The fraction of sp³-hybridized carbons (Fsp3) is 0.727. The predicted octanol–water partition coefficient (Wildman–Crippen LogP) is 0.0172. The quantitative estimate of drug-likeness (QED) is 0.600. The summed E-state index contributed by atoms with van der Waals surface area (Å²) in [4.78, 5) is 34.6. The molecule has 0 spiro atoms. The minimum atomic E-state index is -0.946. The molecule has 0 saturated carbocycles. The van der Waals surface area contributed by atoms with E-state index in [-0.39, 0.29) is 43.9 Å². The van der Waals surface area contributed by atoms with Gasteiger partial charge in [-0.25, -0.2) is 4.79 Å². The molecule has 3 N–H and O–H groups in total. The Labute approximate surface area is 107 Å². The van der Waals surface area contributed by atoms with Gasteiger partial charge in [0.05, 0.1) is 6.42 Å². The van der Waals surface area contributed by atoms with E-state index in [1.165, 1.54) is 11.9 Å². The Kier molecular flexibility index (Phi) is 7.50. The first-order valence-electron chi connectivity index (χ1n) is 5.85. The van der Waals surface area contributed by atoms with E-state index >= 15 is 0 Å². The Bertz CT molecular complexity index is 305. The lowest BCUT2D eigenvalue weighted by molar-refractivity contribution is -0.137. The number of rotatable bonds is 7. The minimum Gasteiger partial charge on any atom is -0.481 e. The number of urea groups is 1. The fourth-order valence-corrected chi connectivity index (χ4v) is 1.32. The molecule has 7 heteroatoms. The number of nitrogens with zero attached hydrogens (tertiary/aromatic N) is 1. The van der Waals surface area contributed by atoms with Crippen LogP contribution in [0.25, 0.3) is 0 Å². The molecule has 0 bridgehead atoms. The van der Waals surface area contributed by atoms with Crippen molar-refractivity contribution in [2.24, 2.45) is 0 Å². The number of hydrogen-bond acceptors (Lipinski definition) is 3. The number of nitrogens with one attached hydrogen (secondary N) is 2. The SMILES string of the molecule is CNC(=O)CCNC(=O)N(CCC(=O)O)C(C)C. The maximum atomic E-state index is 11.8. The minimum absolute atomic E-state index is 0.0932. The Morgan fingerprint density at radius 3 is 2.28 bits per heavy atom. The Morgan fingerprint density at radius 1 is 1.22 bits per heavy atom. The highest BCUT2D eigenvalue weighted by molar-refractivity contribution is 5.78. The summed E-state index contributed by atoms with van der Waals surface area (Å²) in [6, 6.07) is -0.445. The largest absolute Gasteiger partial charge is 0.481 e. The Hall–Kier alpha value is -1.79. The number of carboxylic acid groups (broad SMARTS) is 1. The molecule has 0 radical (unpaired) electrons. The van der Waals surface area contributed by atoms with Gasteiger partial charge in [0.15, 0.2) is 0 Å². The summed E-state index contributed by atoms with van der Waals surface area (Å²) in [5.74, 6) is -1.10. The summed E-state index contributed by atoms with van der Waals surface area (Å²) in [6.07, 6.45) is 0.105. The monoisotopic (exact) mass is 259 g/mol. The molecule has 18 heavy (non-hydrogen) atoms. The zero-order valence-electron chi connectivity index (χ0n) is 11.0. The van der Waals surface area contributed by atoms with Crippen molar-refractivity contribution in [3.63, 3.8) is 0 Å². The van der Waals surface area contributed by atoms with Gasteiger partial charge in [-0.2, -0.15) is 0 Å². The summed E-state index contributed by atoms with van der Waals surface area (Å²) in [5, 5.41) is 13.6. The van der Waals surface area contributed by atoms with Gasteiger partial charge in [0, 0.05) is 32.6 Å². The molecule has 0 aromatic heterocycles. The van der Waals surface area contributed by atoms with E-state index in [9.17, 15) is 14.4 Å². The molecule has 3 amide bonds. The molecule has 0 atom stereocenters. The molecule has 0 aromatic rings. The standard InChI is InChI=1S/C11H21N3O4/c1-8(2)14(7-5-10(16)17)11(18)13-6-4-9(15)12-3/h8H,4-7H2,1-3H3,(H,12,15)(H,13,18)(H,16,17). The lowest BCUT2D eigenvalue weighted by Crippen LogP contribution is -2.45. The van der Waals surface area contributed by atoms with Crippen molar-refractivity contribution >= 4 is 17.9 Å². The second kappa shape index (κ2) is 8.32. The summed E-state index contributed by atoms with van der Waals surface area (Å²) < 4.78 is 0. The van der Waals surface area contributed by atoms with Crippen molar-refractivity contribution in [3.8, 4) is 0 Å². The van der Waals surface area contributed by atoms with Crippen LogP contribution in [0.5, 0.6) is 0 Å². The van der Waals surface area contributed by atoms with E-state index in [0.29, 0.717) is 0 Å². The van der Waals surface area contributed by atoms with Gasteiger partial charge in [-0.1, -0.05) is 0 Å². The highest BCUT2D eigenvalue weighted by Gasteiger charge is 2.17. The molecule has 0 aliphatic carbocycles. The highest BCUT2D eigenvalue weighted by Crippen LogP contribution is 2.00. The molecule has 0 unspecified atom stereocenters. The van der Waals surface area contributed by atoms with Gasteiger partial charge >= 0.3 is 12.0 Å². The first-order chi connectivity index (χ1) is 8.38.